The molecule has 0 bridgehead atoms. The number of carbonyl (C=O) groups is 1. The number of halogens is 3. The van der Waals surface area contributed by atoms with E-state index in [1.807, 2.05) is 5.32 Å². The average molecular weight is 294 g/mol. The maximum Gasteiger partial charge on any atom is 0.287 e. The van der Waals surface area contributed by atoms with Gasteiger partial charge in [-0.25, -0.2) is 8.78 Å². The van der Waals surface area contributed by atoms with Crippen LogP contribution in [-0.2, 0) is 4.79 Å². The van der Waals surface area contributed by atoms with Crippen LogP contribution in [0.5, 0.6) is 5.75 Å². The maximum atomic E-state index is 12.7. The fourth-order valence-corrected chi connectivity index (χ4v) is 1.31. The monoisotopic (exact) mass is 293 g/mol. The number of carbonyl (C=O) groups excluding carboxylic acids is 1. The first-order valence-corrected chi connectivity index (χ1v) is 5.90. The molecular formula is C12H14ClF2NO3. The number of ether oxygens (including phenoxy) is 1. The van der Waals surface area contributed by atoms with Crippen LogP contribution in [0, 0.1) is 0 Å². The van der Waals surface area contributed by atoms with Crippen molar-refractivity contribution in [2.45, 2.75) is 19.0 Å². The molecule has 2 N–H and O–H groups in total. The number of nitrogens with one attached hydrogen (secondary N) is 1. The van der Waals surface area contributed by atoms with Gasteiger partial charge in [-0.1, -0.05) is 11.6 Å². The molecule has 0 aliphatic rings. The van der Waals surface area contributed by atoms with Crippen LogP contribution >= 0.6 is 11.6 Å². The molecule has 1 aromatic rings. The zero-order valence-electron chi connectivity index (χ0n) is 10.2. The molecule has 0 heterocycles. The number of hydrogen-bond donors (Lipinski definition) is 2. The van der Waals surface area contributed by atoms with Gasteiger partial charge >= 0.3 is 0 Å². The van der Waals surface area contributed by atoms with E-state index in [9.17, 15) is 13.6 Å². The van der Waals surface area contributed by atoms with E-state index in [0.29, 0.717) is 10.8 Å². The van der Waals surface area contributed by atoms with Crippen molar-refractivity contribution >= 4 is 17.5 Å². The molecule has 0 saturated carbocycles. The Bertz CT molecular complexity index is 425. The average Bonchev–Trinajstić information content (AvgIpc) is 2.38. The molecule has 1 rings (SSSR count). The zero-order chi connectivity index (χ0) is 14.5. The molecular weight excluding hydrogens is 280 g/mol. The number of hydrogen-bond acceptors (Lipinski definition) is 3. The number of amides is 1. The Morgan fingerprint density at radius 3 is 2.58 bits per heavy atom. The van der Waals surface area contributed by atoms with Crippen molar-refractivity contribution in [1.82, 2.24) is 5.32 Å². The van der Waals surface area contributed by atoms with Gasteiger partial charge in [0, 0.05) is 5.02 Å². The van der Waals surface area contributed by atoms with Crippen molar-refractivity contribution in [1.29, 1.82) is 0 Å². The Morgan fingerprint density at radius 1 is 1.47 bits per heavy atom. The number of benzene rings is 1. The topological polar surface area (TPSA) is 58.6 Å². The summed E-state index contributed by atoms with van der Waals surface area (Å²) in [5, 5.41) is 10.9. The van der Waals surface area contributed by atoms with E-state index < -0.39 is 31.1 Å². The summed E-state index contributed by atoms with van der Waals surface area (Å²) in [6, 6.07) is 6.30. The first kappa shape index (κ1) is 15.7. The van der Waals surface area contributed by atoms with Crippen molar-refractivity contribution < 1.29 is 23.4 Å². The summed E-state index contributed by atoms with van der Waals surface area (Å²) in [7, 11) is 0. The largest absolute Gasteiger partial charge is 0.481 e. The van der Waals surface area contributed by atoms with Gasteiger partial charge in [0.1, 0.15) is 12.4 Å². The van der Waals surface area contributed by atoms with Gasteiger partial charge in [0.05, 0.1) is 6.54 Å². The van der Waals surface area contributed by atoms with Gasteiger partial charge in [-0.2, -0.15) is 0 Å². The summed E-state index contributed by atoms with van der Waals surface area (Å²) in [5.74, 6) is -3.63. The lowest BCUT2D eigenvalue weighted by Gasteiger charge is -2.17. The van der Waals surface area contributed by atoms with Crippen molar-refractivity contribution in [2.24, 2.45) is 0 Å². The highest BCUT2D eigenvalue weighted by molar-refractivity contribution is 6.30. The van der Waals surface area contributed by atoms with Gasteiger partial charge in [0.2, 0.25) is 0 Å². The van der Waals surface area contributed by atoms with Gasteiger partial charge in [-0.05, 0) is 31.2 Å². The first-order valence-electron chi connectivity index (χ1n) is 5.53. The van der Waals surface area contributed by atoms with Crippen LogP contribution in [0.1, 0.15) is 6.92 Å². The molecule has 0 aromatic heterocycles. The van der Waals surface area contributed by atoms with E-state index in [-0.39, 0.29) is 0 Å². The molecule has 0 aliphatic heterocycles. The quantitative estimate of drug-likeness (QED) is 0.841. The van der Waals surface area contributed by atoms with Crippen LogP contribution in [0.25, 0.3) is 0 Å². The Balaban J connectivity index is 2.47. The molecule has 1 atom stereocenters. The third kappa shape index (κ3) is 5.40. The highest BCUT2D eigenvalue weighted by atomic mass is 35.5. The molecule has 0 fully saturated rings. The van der Waals surface area contributed by atoms with E-state index in [2.05, 4.69) is 0 Å². The highest BCUT2D eigenvalue weighted by Crippen LogP contribution is 2.17. The molecule has 1 amide bonds. The molecule has 7 heteroatoms. The summed E-state index contributed by atoms with van der Waals surface area (Å²) in [4.78, 5) is 11.5. The second-order valence-electron chi connectivity index (χ2n) is 3.95. The van der Waals surface area contributed by atoms with E-state index in [1.165, 1.54) is 6.92 Å². The van der Waals surface area contributed by atoms with Gasteiger partial charge in [-0.3, -0.25) is 4.79 Å². The van der Waals surface area contributed by atoms with Crippen molar-refractivity contribution in [2.75, 3.05) is 13.2 Å². The molecule has 0 radical (unpaired) electrons. The minimum Gasteiger partial charge on any atom is -0.481 e. The first-order chi connectivity index (χ1) is 8.84. The van der Waals surface area contributed by atoms with E-state index in [4.69, 9.17) is 21.4 Å². The molecule has 4 nitrogen and oxygen atoms in total. The van der Waals surface area contributed by atoms with Crippen LogP contribution in [-0.4, -0.2) is 36.2 Å². The molecule has 106 valence electrons. The molecule has 19 heavy (non-hydrogen) atoms. The van der Waals surface area contributed by atoms with E-state index in [0.717, 1.165) is 0 Å². The van der Waals surface area contributed by atoms with Crippen LogP contribution in [0.2, 0.25) is 5.02 Å². The highest BCUT2D eigenvalue weighted by Gasteiger charge is 2.29. The maximum absolute atomic E-state index is 12.7. The van der Waals surface area contributed by atoms with Gasteiger partial charge in [0.15, 0.2) is 6.10 Å². The van der Waals surface area contributed by atoms with E-state index >= 15 is 0 Å². The van der Waals surface area contributed by atoms with Crippen LogP contribution in [0.15, 0.2) is 24.3 Å². The number of rotatable bonds is 6. The zero-order valence-corrected chi connectivity index (χ0v) is 11.0. The summed E-state index contributed by atoms with van der Waals surface area (Å²) >= 11 is 5.68. The summed E-state index contributed by atoms with van der Waals surface area (Å²) in [6.07, 6.45) is -0.935. The second-order valence-corrected chi connectivity index (χ2v) is 4.38. The van der Waals surface area contributed by atoms with Crippen LogP contribution < -0.4 is 10.1 Å². The fraction of sp³-hybridized carbons (Fsp3) is 0.417. The molecule has 1 aromatic carbocycles. The lowest BCUT2D eigenvalue weighted by atomic mass is 10.3. The predicted molar refractivity (Wildman–Crippen MR) is 66.6 cm³/mol. The molecule has 0 spiro atoms. The third-order valence-corrected chi connectivity index (χ3v) is 2.50. The van der Waals surface area contributed by atoms with Crippen molar-refractivity contribution in [3.8, 4) is 5.75 Å². The summed E-state index contributed by atoms with van der Waals surface area (Å²) in [5.41, 5.74) is 0. The lowest BCUT2D eigenvalue weighted by molar-refractivity contribution is -0.130. The molecule has 0 saturated heterocycles. The predicted octanol–water partition coefficient (Wildman–Crippen LogP) is 1.85. The lowest BCUT2D eigenvalue weighted by Crippen LogP contribution is -2.44. The van der Waals surface area contributed by atoms with Crippen molar-refractivity contribution in [3.63, 3.8) is 0 Å². The van der Waals surface area contributed by atoms with Crippen LogP contribution in [0.4, 0.5) is 8.78 Å². The summed E-state index contributed by atoms with van der Waals surface area (Å²) in [6.45, 7) is -0.822. The minimum atomic E-state index is -3.34. The number of alkyl halides is 2. The SMILES string of the molecule is CC(Oc1ccc(Cl)cc1)C(=O)NCC(F)(F)CO. The number of aliphatic hydroxyl groups excluding tert-OH is 1. The normalized spacial score (nSPS) is 12.9. The Morgan fingerprint density at radius 2 is 2.05 bits per heavy atom. The standard InChI is InChI=1S/C12H14ClF2NO3/c1-8(11(18)16-6-12(14,15)7-17)19-10-4-2-9(13)3-5-10/h2-5,8,17H,6-7H2,1H3,(H,16,18). The molecule has 0 aliphatic carbocycles. The Hall–Kier alpha value is -1.40. The van der Waals surface area contributed by atoms with E-state index in [1.54, 1.807) is 24.3 Å². The fourth-order valence-electron chi connectivity index (χ4n) is 1.19. The van der Waals surface area contributed by atoms with Gasteiger partial charge in [-0.15, -0.1) is 0 Å². The summed E-state index contributed by atoms with van der Waals surface area (Å²) < 4.78 is 30.7. The number of aliphatic hydroxyl groups is 1. The Labute approximate surface area is 114 Å². The van der Waals surface area contributed by atoms with Crippen molar-refractivity contribution in [3.05, 3.63) is 29.3 Å². The second kappa shape index (κ2) is 6.68. The Kier molecular flexibility index (Phi) is 5.50. The van der Waals surface area contributed by atoms with Gasteiger partial charge < -0.3 is 15.2 Å². The minimum absolute atomic E-state index is 0.404. The third-order valence-electron chi connectivity index (χ3n) is 2.25. The van der Waals surface area contributed by atoms with Crippen LogP contribution in [0.3, 0.4) is 0 Å². The smallest absolute Gasteiger partial charge is 0.287 e. The van der Waals surface area contributed by atoms with Gasteiger partial charge in [0.25, 0.3) is 11.8 Å². The molecule has 1 unspecified atom stereocenters.